The van der Waals surface area contributed by atoms with Crippen LogP contribution in [0.1, 0.15) is 24.7 Å². The molecule has 6 nitrogen and oxygen atoms in total. The van der Waals surface area contributed by atoms with Crippen molar-refractivity contribution in [3.8, 4) is 11.4 Å². The summed E-state index contributed by atoms with van der Waals surface area (Å²) in [5.74, 6) is -0.421. The molecule has 1 fully saturated rings. The molecule has 1 aliphatic rings. The predicted octanol–water partition coefficient (Wildman–Crippen LogP) is 2.73. The second kappa shape index (κ2) is 8.03. The van der Waals surface area contributed by atoms with Crippen LogP contribution in [0.5, 0.6) is 0 Å². The third-order valence-corrected chi connectivity index (χ3v) is 4.25. The first-order chi connectivity index (χ1) is 12.8. The number of nitrogens with zero attached hydrogens (tertiary/aromatic N) is 3. The van der Waals surface area contributed by atoms with Crippen LogP contribution in [0.15, 0.2) is 28.8 Å². The molecule has 1 saturated heterocycles. The number of nitrogens with one attached hydrogen (secondary N) is 1. The number of hydrogen-bond acceptors (Lipinski definition) is 5. The van der Waals surface area contributed by atoms with Gasteiger partial charge in [-0.05, 0) is 43.7 Å². The molecule has 0 spiro atoms. The van der Waals surface area contributed by atoms with Crippen LogP contribution in [0.25, 0.3) is 11.4 Å². The molecule has 0 aliphatic carbocycles. The number of benzene rings is 1. The minimum Gasteiger partial charge on any atom is -0.346 e. The van der Waals surface area contributed by atoms with Gasteiger partial charge in [0.1, 0.15) is 12.4 Å². The van der Waals surface area contributed by atoms with E-state index in [9.17, 15) is 22.4 Å². The van der Waals surface area contributed by atoms with E-state index in [1.807, 2.05) is 5.32 Å². The molecule has 1 aromatic carbocycles. The summed E-state index contributed by atoms with van der Waals surface area (Å²) in [5, 5.41) is 5.77. The third kappa shape index (κ3) is 5.49. The van der Waals surface area contributed by atoms with Gasteiger partial charge in [-0.2, -0.15) is 18.2 Å². The first-order valence-corrected chi connectivity index (χ1v) is 8.45. The molecule has 3 rings (SSSR count). The van der Waals surface area contributed by atoms with E-state index in [2.05, 4.69) is 10.1 Å². The number of piperidine rings is 1. The summed E-state index contributed by atoms with van der Waals surface area (Å²) in [6.45, 7) is -0.418. The molecular weight excluding hydrogens is 368 g/mol. The van der Waals surface area contributed by atoms with Gasteiger partial charge < -0.3 is 9.84 Å². The number of carbonyl (C=O) groups excluding carboxylic acids is 1. The summed E-state index contributed by atoms with van der Waals surface area (Å²) in [7, 11) is 0. The SMILES string of the molecule is O=C(CN1CCCC(c2nc(-c3ccc(F)cc3)no2)C1)NCC(F)(F)F. The molecule has 1 N–H and O–H groups in total. The Morgan fingerprint density at radius 1 is 1.30 bits per heavy atom. The van der Waals surface area contributed by atoms with Gasteiger partial charge in [-0.1, -0.05) is 5.16 Å². The van der Waals surface area contributed by atoms with E-state index in [1.54, 1.807) is 17.0 Å². The second-order valence-electron chi connectivity index (χ2n) is 6.43. The van der Waals surface area contributed by atoms with Crippen molar-refractivity contribution in [2.24, 2.45) is 0 Å². The molecular formula is C17H18F4N4O2. The molecule has 27 heavy (non-hydrogen) atoms. The Kier molecular flexibility index (Phi) is 5.73. The molecule has 0 saturated carbocycles. The fraction of sp³-hybridized carbons (Fsp3) is 0.471. The summed E-state index contributed by atoms with van der Waals surface area (Å²) in [6, 6.07) is 5.69. The molecule has 1 aliphatic heterocycles. The van der Waals surface area contributed by atoms with Gasteiger partial charge in [0.05, 0.1) is 12.5 Å². The molecule has 2 heterocycles. The first kappa shape index (κ1) is 19.3. The zero-order chi connectivity index (χ0) is 19.4. The van der Waals surface area contributed by atoms with Crippen molar-refractivity contribution in [1.29, 1.82) is 0 Å². The van der Waals surface area contributed by atoms with Crippen LogP contribution in [0.2, 0.25) is 0 Å². The number of amides is 1. The highest BCUT2D eigenvalue weighted by Gasteiger charge is 2.30. The van der Waals surface area contributed by atoms with Crippen molar-refractivity contribution in [2.75, 3.05) is 26.2 Å². The van der Waals surface area contributed by atoms with Gasteiger partial charge >= 0.3 is 6.18 Å². The van der Waals surface area contributed by atoms with Crippen LogP contribution in [-0.4, -0.2) is 53.3 Å². The fourth-order valence-corrected chi connectivity index (χ4v) is 2.98. The van der Waals surface area contributed by atoms with Gasteiger partial charge in [0, 0.05) is 12.1 Å². The Labute approximate surface area is 152 Å². The molecule has 10 heteroatoms. The monoisotopic (exact) mass is 386 g/mol. The molecule has 2 aromatic rings. The number of likely N-dealkylation sites (tertiary alicyclic amines) is 1. The average Bonchev–Trinajstić information content (AvgIpc) is 3.10. The Bertz CT molecular complexity index is 776. The highest BCUT2D eigenvalue weighted by atomic mass is 19.4. The zero-order valence-corrected chi connectivity index (χ0v) is 14.3. The Morgan fingerprint density at radius 2 is 2.04 bits per heavy atom. The van der Waals surface area contributed by atoms with Crippen molar-refractivity contribution in [1.82, 2.24) is 20.4 Å². The summed E-state index contributed by atoms with van der Waals surface area (Å²) in [5.41, 5.74) is 0.616. The van der Waals surface area contributed by atoms with E-state index in [4.69, 9.17) is 4.52 Å². The van der Waals surface area contributed by atoms with Crippen LogP contribution in [-0.2, 0) is 4.79 Å². The highest BCUT2D eigenvalue weighted by molar-refractivity contribution is 5.78. The Hall–Kier alpha value is -2.49. The lowest BCUT2D eigenvalue weighted by atomic mass is 9.98. The molecule has 1 unspecified atom stereocenters. The van der Waals surface area contributed by atoms with E-state index in [-0.39, 0.29) is 18.3 Å². The van der Waals surface area contributed by atoms with Crippen molar-refractivity contribution in [2.45, 2.75) is 24.9 Å². The van der Waals surface area contributed by atoms with E-state index in [0.29, 0.717) is 30.4 Å². The summed E-state index contributed by atoms with van der Waals surface area (Å²) >= 11 is 0. The molecule has 1 aromatic heterocycles. The number of hydrogen-bond donors (Lipinski definition) is 1. The lowest BCUT2D eigenvalue weighted by Gasteiger charge is -2.30. The highest BCUT2D eigenvalue weighted by Crippen LogP contribution is 2.27. The largest absolute Gasteiger partial charge is 0.405 e. The van der Waals surface area contributed by atoms with Gasteiger partial charge in [0.25, 0.3) is 0 Å². The number of halogens is 4. The number of aromatic nitrogens is 2. The van der Waals surface area contributed by atoms with Gasteiger partial charge in [-0.25, -0.2) is 4.39 Å². The topological polar surface area (TPSA) is 71.3 Å². The Balaban J connectivity index is 1.58. The number of rotatable bonds is 5. The van der Waals surface area contributed by atoms with Crippen molar-refractivity contribution in [3.05, 3.63) is 36.0 Å². The maximum atomic E-state index is 13.0. The second-order valence-corrected chi connectivity index (χ2v) is 6.43. The van der Waals surface area contributed by atoms with E-state index >= 15 is 0 Å². The van der Waals surface area contributed by atoms with Crippen molar-refractivity contribution >= 4 is 5.91 Å². The van der Waals surface area contributed by atoms with Gasteiger partial charge in [-0.3, -0.25) is 9.69 Å². The van der Waals surface area contributed by atoms with Gasteiger partial charge in [-0.15, -0.1) is 0 Å². The lowest BCUT2D eigenvalue weighted by molar-refractivity contribution is -0.139. The number of alkyl halides is 3. The third-order valence-electron chi connectivity index (χ3n) is 4.25. The maximum Gasteiger partial charge on any atom is 0.405 e. The molecule has 1 amide bonds. The van der Waals surface area contributed by atoms with Gasteiger partial charge in [0.15, 0.2) is 0 Å². The lowest BCUT2D eigenvalue weighted by Crippen LogP contribution is -2.44. The number of carbonyl (C=O) groups is 1. The standard InChI is InChI=1S/C17H18F4N4O2/c18-13-5-3-11(4-6-13)15-23-16(27-24-15)12-2-1-7-25(8-12)9-14(26)22-10-17(19,20)21/h3-6,12H,1-2,7-10H2,(H,22,26). The van der Waals surface area contributed by atoms with Crippen LogP contribution < -0.4 is 5.32 Å². The fourth-order valence-electron chi connectivity index (χ4n) is 2.98. The Morgan fingerprint density at radius 3 is 2.74 bits per heavy atom. The van der Waals surface area contributed by atoms with E-state index in [0.717, 1.165) is 12.8 Å². The predicted molar refractivity (Wildman–Crippen MR) is 87.2 cm³/mol. The van der Waals surface area contributed by atoms with Crippen LogP contribution in [0.3, 0.4) is 0 Å². The average molecular weight is 386 g/mol. The minimum absolute atomic E-state index is 0.115. The molecule has 1 atom stereocenters. The van der Waals surface area contributed by atoms with E-state index < -0.39 is 18.6 Å². The quantitative estimate of drug-likeness (QED) is 0.801. The molecule has 0 radical (unpaired) electrons. The van der Waals surface area contributed by atoms with Crippen molar-refractivity contribution in [3.63, 3.8) is 0 Å². The van der Waals surface area contributed by atoms with Crippen molar-refractivity contribution < 1.29 is 26.9 Å². The molecule has 146 valence electrons. The normalized spacial score (nSPS) is 18.4. The summed E-state index contributed by atoms with van der Waals surface area (Å²) < 4.78 is 54.8. The minimum atomic E-state index is -4.43. The maximum absolute atomic E-state index is 13.0. The smallest absolute Gasteiger partial charge is 0.346 e. The van der Waals surface area contributed by atoms with Crippen LogP contribution in [0.4, 0.5) is 17.6 Å². The van der Waals surface area contributed by atoms with Crippen LogP contribution in [0, 0.1) is 5.82 Å². The molecule has 0 bridgehead atoms. The summed E-state index contributed by atoms with van der Waals surface area (Å²) in [4.78, 5) is 17.8. The summed E-state index contributed by atoms with van der Waals surface area (Å²) in [6.07, 6.45) is -2.90. The van der Waals surface area contributed by atoms with Crippen LogP contribution >= 0.6 is 0 Å². The first-order valence-electron chi connectivity index (χ1n) is 8.45. The zero-order valence-electron chi connectivity index (χ0n) is 14.3. The van der Waals surface area contributed by atoms with E-state index in [1.165, 1.54) is 12.1 Å². The van der Waals surface area contributed by atoms with Gasteiger partial charge in [0.2, 0.25) is 17.6 Å².